The molecule has 0 radical (unpaired) electrons. The summed E-state index contributed by atoms with van der Waals surface area (Å²) in [7, 11) is 0. The molecule has 4 nitrogen and oxygen atoms in total. The van der Waals surface area contributed by atoms with Crippen LogP contribution in [0.3, 0.4) is 0 Å². The highest BCUT2D eigenvalue weighted by molar-refractivity contribution is 5.97. The quantitative estimate of drug-likeness (QED) is 0.671. The number of rotatable bonds is 3. The Labute approximate surface area is 74.4 Å². The molecule has 0 fully saturated rings. The molecule has 0 aliphatic carbocycles. The second-order valence-electron chi connectivity index (χ2n) is 2.50. The number of aromatic carboxylic acids is 1. The van der Waals surface area contributed by atoms with Gasteiger partial charge in [-0.05, 0) is 11.6 Å². The number of benzene rings is 1. The van der Waals surface area contributed by atoms with Crippen LogP contribution in [-0.4, -0.2) is 22.5 Å². The lowest BCUT2D eigenvalue weighted by atomic mass is 10.1. The largest absolute Gasteiger partial charge is 0.478 e. The van der Waals surface area contributed by atoms with Gasteiger partial charge < -0.3 is 10.2 Å². The maximum absolute atomic E-state index is 10.6. The molecule has 0 atom stereocenters. The summed E-state index contributed by atoms with van der Waals surface area (Å²) in [5, 5.41) is 17.4. The van der Waals surface area contributed by atoms with Gasteiger partial charge in [0.1, 0.15) is 0 Å². The number of aliphatic hydroxyl groups is 1. The van der Waals surface area contributed by atoms with Gasteiger partial charge in [0.2, 0.25) is 0 Å². The molecule has 0 spiro atoms. The van der Waals surface area contributed by atoms with Gasteiger partial charge in [0.15, 0.2) is 6.29 Å². The first-order chi connectivity index (χ1) is 6.19. The Morgan fingerprint density at radius 2 is 2.15 bits per heavy atom. The van der Waals surface area contributed by atoms with E-state index in [9.17, 15) is 9.59 Å². The number of hydrogen-bond donors (Lipinski definition) is 2. The Kier molecular flexibility index (Phi) is 2.76. The second kappa shape index (κ2) is 3.82. The normalized spacial score (nSPS) is 9.62. The van der Waals surface area contributed by atoms with Crippen molar-refractivity contribution in [1.29, 1.82) is 0 Å². The summed E-state index contributed by atoms with van der Waals surface area (Å²) in [6, 6.07) is 4.17. The van der Waals surface area contributed by atoms with Gasteiger partial charge in [-0.2, -0.15) is 0 Å². The molecule has 0 aromatic heterocycles. The van der Waals surface area contributed by atoms with Gasteiger partial charge in [-0.25, -0.2) is 4.79 Å². The minimum Gasteiger partial charge on any atom is -0.478 e. The van der Waals surface area contributed by atoms with Crippen LogP contribution in [0.25, 0.3) is 0 Å². The minimum atomic E-state index is -1.17. The van der Waals surface area contributed by atoms with E-state index >= 15 is 0 Å². The van der Waals surface area contributed by atoms with Crippen LogP contribution in [0.1, 0.15) is 26.3 Å². The molecule has 0 bridgehead atoms. The van der Waals surface area contributed by atoms with Crippen LogP contribution in [0.15, 0.2) is 18.2 Å². The molecule has 2 N–H and O–H groups in total. The Hall–Kier alpha value is -1.68. The molecule has 0 heterocycles. The smallest absolute Gasteiger partial charge is 0.336 e. The lowest BCUT2D eigenvalue weighted by Crippen LogP contribution is -2.02. The Morgan fingerprint density at radius 1 is 1.46 bits per heavy atom. The van der Waals surface area contributed by atoms with Gasteiger partial charge in [-0.3, -0.25) is 4.79 Å². The zero-order valence-corrected chi connectivity index (χ0v) is 6.73. The molecular formula is C9H8O4. The molecule has 1 rings (SSSR count). The predicted octanol–water partition coefficient (Wildman–Crippen LogP) is 0.690. The number of carbonyl (C=O) groups is 2. The fourth-order valence-electron chi connectivity index (χ4n) is 0.990. The maximum atomic E-state index is 10.6. The van der Waals surface area contributed by atoms with Gasteiger partial charge in [-0.15, -0.1) is 0 Å². The summed E-state index contributed by atoms with van der Waals surface area (Å²) in [5.74, 6) is -1.17. The van der Waals surface area contributed by atoms with Crippen molar-refractivity contribution in [3.8, 4) is 0 Å². The van der Waals surface area contributed by atoms with Crippen LogP contribution >= 0.6 is 0 Å². The fourth-order valence-corrected chi connectivity index (χ4v) is 0.990. The minimum absolute atomic E-state index is 0.0819. The molecule has 0 saturated heterocycles. The fraction of sp³-hybridized carbons (Fsp3) is 0.111. The highest BCUT2D eigenvalue weighted by Crippen LogP contribution is 2.10. The zero-order chi connectivity index (χ0) is 9.84. The highest BCUT2D eigenvalue weighted by Gasteiger charge is 2.09. The van der Waals surface area contributed by atoms with Crippen LogP contribution in [0, 0.1) is 0 Å². The van der Waals surface area contributed by atoms with E-state index in [0.717, 1.165) is 0 Å². The van der Waals surface area contributed by atoms with E-state index in [-0.39, 0.29) is 17.7 Å². The third kappa shape index (κ3) is 1.91. The van der Waals surface area contributed by atoms with Crippen LogP contribution in [0.2, 0.25) is 0 Å². The van der Waals surface area contributed by atoms with Crippen molar-refractivity contribution < 1.29 is 19.8 Å². The lowest BCUT2D eigenvalue weighted by Gasteiger charge is -2.01. The highest BCUT2D eigenvalue weighted by atomic mass is 16.4. The molecule has 68 valence electrons. The number of carboxylic acid groups (broad SMARTS) is 1. The van der Waals surface area contributed by atoms with E-state index in [0.29, 0.717) is 11.8 Å². The summed E-state index contributed by atoms with van der Waals surface area (Å²) in [6.07, 6.45) is 0.477. The van der Waals surface area contributed by atoms with Gasteiger partial charge in [0, 0.05) is 5.56 Å². The molecule has 0 unspecified atom stereocenters. The number of aldehydes is 1. The van der Waals surface area contributed by atoms with Crippen molar-refractivity contribution >= 4 is 12.3 Å². The summed E-state index contributed by atoms with van der Waals surface area (Å²) >= 11 is 0. The van der Waals surface area contributed by atoms with Crippen LogP contribution in [-0.2, 0) is 6.61 Å². The van der Waals surface area contributed by atoms with E-state index < -0.39 is 5.97 Å². The zero-order valence-electron chi connectivity index (χ0n) is 6.73. The van der Waals surface area contributed by atoms with Gasteiger partial charge in [-0.1, -0.05) is 12.1 Å². The van der Waals surface area contributed by atoms with Crippen LogP contribution in [0.5, 0.6) is 0 Å². The van der Waals surface area contributed by atoms with Crippen molar-refractivity contribution in [2.24, 2.45) is 0 Å². The average Bonchev–Trinajstić information content (AvgIpc) is 2.16. The second-order valence-corrected chi connectivity index (χ2v) is 2.50. The van der Waals surface area contributed by atoms with Crippen LogP contribution in [0.4, 0.5) is 0 Å². The van der Waals surface area contributed by atoms with E-state index in [1.807, 2.05) is 0 Å². The van der Waals surface area contributed by atoms with Crippen LogP contribution < -0.4 is 0 Å². The maximum Gasteiger partial charge on any atom is 0.336 e. The average molecular weight is 180 g/mol. The third-order valence-electron chi connectivity index (χ3n) is 1.66. The number of hydrogen-bond acceptors (Lipinski definition) is 3. The Bertz CT molecular complexity index is 343. The first kappa shape index (κ1) is 9.41. The van der Waals surface area contributed by atoms with Crippen molar-refractivity contribution in [2.45, 2.75) is 6.61 Å². The van der Waals surface area contributed by atoms with E-state index in [1.54, 1.807) is 0 Å². The van der Waals surface area contributed by atoms with Gasteiger partial charge >= 0.3 is 5.97 Å². The van der Waals surface area contributed by atoms with Crippen molar-refractivity contribution in [3.63, 3.8) is 0 Å². The molecule has 1 aromatic carbocycles. The Balaban J connectivity index is 3.25. The molecule has 1 aromatic rings. The number of carboxylic acids is 1. The molecule has 0 aliphatic rings. The molecular weight excluding hydrogens is 172 g/mol. The topological polar surface area (TPSA) is 74.6 Å². The predicted molar refractivity (Wildman–Crippen MR) is 44.7 cm³/mol. The van der Waals surface area contributed by atoms with Gasteiger partial charge in [0.05, 0.1) is 12.2 Å². The van der Waals surface area contributed by atoms with E-state index in [4.69, 9.17) is 10.2 Å². The summed E-state index contributed by atoms with van der Waals surface area (Å²) in [6.45, 7) is -0.237. The van der Waals surface area contributed by atoms with Crippen molar-refractivity contribution in [2.75, 3.05) is 0 Å². The van der Waals surface area contributed by atoms with Crippen molar-refractivity contribution in [3.05, 3.63) is 34.9 Å². The summed E-state index contributed by atoms with van der Waals surface area (Å²) in [4.78, 5) is 21.0. The molecule has 0 aliphatic heterocycles. The lowest BCUT2D eigenvalue weighted by molar-refractivity contribution is 0.0694. The summed E-state index contributed by atoms with van der Waals surface area (Å²) in [5.41, 5.74) is 0.509. The summed E-state index contributed by atoms with van der Waals surface area (Å²) < 4.78 is 0. The molecule has 0 saturated carbocycles. The van der Waals surface area contributed by atoms with Crippen molar-refractivity contribution in [1.82, 2.24) is 0 Å². The SMILES string of the molecule is O=Cc1ccc(CO)cc1C(=O)O. The first-order valence-corrected chi connectivity index (χ1v) is 3.61. The monoisotopic (exact) mass is 180 g/mol. The van der Waals surface area contributed by atoms with E-state index in [2.05, 4.69) is 0 Å². The third-order valence-corrected chi connectivity index (χ3v) is 1.66. The van der Waals surface area contributed by atoms with E-state index in [1.165, 1.54) is 18.2 Å². The first-order valence-electron chi connectivity index (χ1n) is 3.61. The molecule has 0 amide bonds. The standard InChI is InChI=1S/C9H8O4/c10-4-6-1-2-7(5-11)8(3-6)9(12)13/h1-3,5,10H,4H2,(H,12,13). The van der Waals surface area contributed by atoms with Gasteiger partial charge in [0.25, 0.3) is 0 Å². The number of aliphatic hydroxyl groups excluding tert-OH is 1. The molecule has 13 heavy (non-hydrogen) atoms. The number of carbonyl (C=O) groups excluding carboxylic acids is 1. The molecule has 4 heteroatoms. The Morgan fingerprint density at radius 3 is 2.62 bits per heavy atom.